The van der Waals surface area contributed by atoms with Gasteiger partial charge in [0, 0.05) is 24.1 Å². The molecule has 1 aliphatic rings. The van der Waals surface area contributed by atoms with Crippen LogP contribution >= 0.6 is 0 Å². The van der Waals surface area contributed by atoms with E-state index in [1.165, 1.54) is 0 Å². The van der Waals surface area contributed by atoms with Crippen molar-refractivity contribution in [3.8, 4) is 22.6 Å². The van der Waals surface area contributed by atoms with Gasteiger partial charge in [-0.3, -0.25) is 0 Å². The Kier molecular flexibility index (Phi) is 4.03. The Morgan fingerprint density at radius 3 is 2.82 bits per heavy atom. The van der Waals surface area contributed by atoms with Crippen LogP contribution in [0, 0.1) is 12.7 Å². The van der Waals surface area contributed by atoms with Crippen LogP contribution in [0.25, 0.3) is 11.1 Å². The number of ether oxygens (including phenoxy) is 2. The van der Waals surface area contributed by atoms with Crippen LogP contribution < -0.4 is 14.8 Å². The number of hydrogen-bond acceptors (Lipinski definition) is 3. The first kappa shape index (κ1) is 14.9. The maximum Gasteiger partial charge on any atom is 0.131 e. The fourth-order valence-electron chi connectivity index (χ4n) is 2.95. The van der Waals surface area contributed by atoms with Gasteiger partial charge in [0.05, 0.1) is 7.11 Å². The first-order chi connectivity index (χ1) is 10.6. The van der Waals surface area contributed by atoms with E-state index in [1.54, 1.807) is 19.2 Å². The molecule has 0 amide bonds. The van der Waals surface area contributed by atoms with E-state index in [-0.39, 0.29) is 11.9 Å². The Morgan fingerprint density at radius 1 is 1.27 bits per heavy atom. The predicted molar refractivity (Wildman–Crippen MR) is 85.2 cm³/mol. The number of hydrogen-bond donors (Lipinski definition) is 1. The summed E-state index contributed by atoms with van der Waals surface area (Å²) >= 11 is 0. The first-order valence-corrected chi connectivity index (χ1v) is 7.41. The fourth-order valence-corrected chi connectivity index (χ4v) is 2.95. The van der Waals surface area contributed by atoms with Gasteiger partial charge in [-0.25, -0.2) is 4.39 Å². The molecule has 1 N–H and O–H groups in total. The molecule has 0 aliphatic carbocycles. The Morgan fingerprint density at radius 2 is 2.09 bits per heavy atom. The van der Waals surface area contributed by atoms with Gasteiger partial charge in [0.2, 0.25) is 0 Å². The highest BCUT2D eigenvalue weighted by atomic mass is 19.1. The van der Waals surface area contributed by atoms with Crippen LogP contribution in [0.2, 0.25) is 0 Å². The first-order valence-electron chi connectivity index (χ1n) is 7.41. The van der Waals surface area contributed by atoms with Crippen molar-refractivity contribution in [2.24, 2.45) is 0 Å². The number of benzene rings is 2. The van der Waals surface area contributed by atoms with E-state index >= 15 is 0 Å². The van der Waals surface area contributed by atoms with E-state index < -0.39 is 0 Å². The van der Waals surface area contributed by atoms with E-state index in [4.69, 9.17) is 9.47 Å². The number of aryl methyl sites for hydroxylation is 1. The van der Waals surface area contributed by atoms with E-state index in [1.807, 2.05) is 32.2 Å². The summed E-state index contributed by atoms with van der Waals surface area (Å²) in [5, 5.41) is 3.11. The van der Waals surface area contributed by atoms with Crippen molar-refractivity contribution in [2.45, 2.75) is 19.4 Å². The smallest absolute Gasteiger partial charge is 0.131 e. The van der Waals surface area contributed by atoms with Crippen LogP contribution in [0.5, 0.6) is 11.5 Å². The summed E-state index contributed by atoms with van der Waals surface area (Å²) in [7, 11) is 3.52. The van der Waals surface area contributed by atoms with Gasteiger partial charge in [-0.15, -0.1) is 0 Å². The predicted octanol–water partition coefficient (Wildman–Crippen LogP) is 3.33. The molecular weight excluding hydrogens is 281 g/mol. The van der Waals surface area contributed by atoms with Gasteiger partial charge >= 0.3 is 0 Å². The number of methoxy groups -OCH3 is 1. The van der Waals surface area contributed by atoms with Crippen LogP contribution in [0.4, 0.5) is 4.39 Å². The third-order valence-electron chi connectivity index (χ3n) is 4.03. The van der Waals surface area contributed by atoms with Crippen molar-refractivity contribution in [1.29, 1.82) is 0 Å². The summed E-state index contributed by atoms with van der Waals surface area (Å²) in [5.74, 6) is 1.31. The molecule has 1 unspecified atom stereocenters. The Labute approximate surface area is 130 Å². The lowest BCUT2D eigenvalue weighted by atomic mass is 9.96. The number of likely N-dealkylation sites (N-methyl/N-ethyl adjacent to an activating group) is 1. The molecule has 0 bridgehead atoms. The number of nitrogens with one attached hydrogen (secondary N) is 1. The maximum atomic E-state index is 14.0. The average Bonchev–Trinajstić information content (AvgIpc) is 2.89. The summed E-state index contributed by atoms with van der Waals surface area (Å²) in [6.07, 6.45) is 0.774. The second-order valence-corrected chi connectivity index (χ2v) is 5.62. The van der Waals surface area contributed by atoms with Gasteiger partial charge in [0.25, 0.3) is 0 Å². The van der Waals surface area contributed by atoms with Crippen molar-refractivity contribution in [3.05, 3.63) is 47.3 Å². The zero-order valence-corrected chi connectivity index (χ0v) is 13.1. The molecule has 0 aromatic heterocycles. The van der Waals surface area contributed by atoms with Crippen LogP contribution in [0.3, 0.4) is 0 Å². The van der Waals surface area contributed by atoms with E-state index in [0.717, 1.165) is 46.7 Å². The number of halogens is 1. The van der Waals surface area contributed by atoms with Crippen molar-refractivity contribution in [1.82, 2.24) is 5.32 Å². The van der Waals surface area contributed by atoms with E-state index in [2.05, 4.69) is 5.32 Å². The standard InChI is InChI=1S/C18H20FNO2/c1-11-4-5-14(21-3)9-16(11)17-8-13(19)6-12-7-15(10-20-2)22-18(12)17/h4-6,8-9,15,20H,7,10H2,1-3H3. The van der Waals surface area contributed by atoms with Gasteiger partial charge in [-0.05, 0) is 49.4 Å². The van der Waals surface area contributed by atoms with Gasteiger partial charge in [-0.1, -0.05) is 6.07 Å². The highest BCUT2D eigenvalue weighted by Crippen LogP contribution is 2.41. The van der Waals surface area contributed by atoms with Crippen molar-refractivity contribution >= 4 is 0 Å². The van der Waals surface area contributed by atoms with Gasteiger partial charge in [0.15, 0.2) is 0 Å². The van der Waals surface area contributed by atoms with Crippen LogP contribution in [-0.4, -0.2) is 26.8 Å². The monoisotopic (exact) mass is 301 g/mol. The second-order valence-electron chi connectivity index (χ2n) is 5.62. The summed E-state index contributed by atoms with van der Waals surface area (Å²) in [6.45, 7) is 2.75. The summed E-state index contributed by atoms with van der Waals surface area (Å²) in [4.78, 5) is 0. The molecule has 22 heavy (non-hydrogen) atoms. The quantitative estimate of drug-likeness (QED) is 0.939. The summed E-state index contributed by atoms with van der Waals surface area (Å²) in [5.41, 5.74) is 3.73. The molecule has 1 aliphatic heterocycles. The molecule has 0 saturated carbocycles. The van der Waals surface area contributed by atoms with Crippen molar-refractivity contribution in [3.63, 3.8) is 0 Å². The van der Waals surface area contributed by atoms with Crippen LogP contribution in [-0.2, 0) is 6.42 Å². The molecule has 4 heteroatoms. The maximum absolute atomic E-state index is 14.0. The lowest BCUT2D eigenvalue weighted by molar-refractivity contribution is 0.232. The lowest BCUT2D eigenvalue weighted by Crippen LogP contribution is -2.27. The topological polar surface area (TPSA) is 30.5 Å². The van der Waals surface area contributed by atoms with E-state index in [9.17, 15) is 4.39 Å². The van der Waals surface area contributed by atoms with E-state index in [0.29, 0.717) is 0 Å². The number of fused-ring (bicyclic) bond motifs is 1. The van der Waals surface area contributed by atoms with Crippen molar-refractivity contribution < 1.29 is 13.9 Å². The highest BCUT2D eigenvalue weighted by molar-refractivity contribution is 5.76. The summed E-state index contributed by atoms with van der Waals surface area (Å²) in [6, 6.07) is 8.93. The Bertz CT molecular complexity index is 700. The molecule has 116 valence electrons. The normalized spacial score (nSPS) is 16.3. The molecule has 1 heterocycles. The minimum absolute atomic E-state index is 0.0477. The SMILES string of the molecule is CNCC1Cc2cc(F)cc(-c3cc(OC)ccc3C)c2O1. The van der Waals surface area contributed by atoms with Gasteiger partial charge in [0.1, 0.15) is 23.4 Å². The molecule has 0 spiro atoms. The van der Waals surface area contributed by atoms with Crippen molar-refractivity contribution in [2.75, 3.05) is 20.7 Å². The Balaban J connectivity index is 2.10. The zero-order valence-electron chi connectivity index (χ0n) is 13.1. The third kappa shape index (κ3) is 2.66. The zero-order chi connectivity index (χ0) is 15.7. The molecule has 2 aromatic rings. The second kappa shape index (κ2) is 5.97. The number of rotatable bonds is 4. The van der Waals surface area contributed by atoms with Crippen LogP contribution in [0.1, 0.15) is 11.1 Å². The minimum Gasteiger partial charge on any atom is -0.497 e. The van der Waals surface area contributed by atoms with Gasteiger partial charge in [-0.2, -0.15) is 0 Å². The molecule has 0 saturated heterocycles. The largest absolute Gasteiger partial charge is 0.497 e. The highest BCUT2D eigenvalue weighted by Gasteiger charge is 2.27. The molecule has 1 atom stereocenters. The molecule has 3 rings (SSSR count). The lowest BCUT2D eigenvalue weighted by Gasteiger charge is -2.14. The molecular formula is C18H20FNO2. The molecule has 0 fully saturated rings. The average molecular weight is 301 g/mol. The van der Waals surface area contributed by atoms with Crippen LogP contribution in [0.15, 0.2) is 30.3 Å². The summed E-state index contributed by atoms with van der Waals surface area (Å²) < 4.78 is 25.4. The molecule has 0 radical (unpaired) electrons. The van der Waals surface area contributed by atoms with Gasteiger partial charge < -0.3 is 14.8 Å². The molecule has 3 nitrogen and oxygen atoms in total. The molecule has 2 aromatic carbocycles. The fraction of sp³-hybridized carbons (Fsp3) is 0.333. The minimum atomic E-state index is -0.232. The third-order valence-corrected chi connectivity index (χ3v) is 4.03. The Hall–Kier alpha value is -2.07.